The first-order valence-corrected chi connectivity index (χ1v) is 7.63. The van der Waals surface area contributed by atoms with Crippen LogP contribution < -0.4 is 4.90 Å². The highest BCUT2D eigenvalue weighted by Gasteiger charge is 2.19. The first kappa shape index (κ1) is 14.7. The van der Waals surface area contributed by atoms with Gasteiger partial charge in [0.15, 0.2) is 0 Å². The van der Waals surface area contributed by atoms with E-state index in [1.54, 1.807) is 0 Å². The fourth-order valence-corrected chi connectivity index (χ4v) is 3.11. The summed E-state index contributed by atoms with van der Waals surface area (Å²) in [7, 11) is 4.12. The molecule has 0 spiro atoms. The molecular weight excluding hydrogens is 256 g/mol. The molecule has 2 nitrogen and oxygen atoms in total. The van der Waals surface area contributed by atoms with Crippen molar-refractivity contribution in [3.8, 4) is 0 Å². The predicted molar refractivity (Wildman–Crippen MR) is 84.2 cm³/mol. The fourth-order valence-electron chi connectivity index (χ4n) is 2.77. The van der Waals surface area contributed by atoms with Gasteiger partial charge in [-0.1, -0.05) is 19.1 Å². The van der Waals surface area contributed by atoms with Crippen LogP contribution in [0.5, 0.6) is 0 Å². The second-order valence-corrected chi connectivity index (χ2v) is 6.49. The average Bonchev–Trinajstić information content (AvgIpc) is 2.39. The van der Waals surface area contributed by atoms with Gasteiger partial charge in [0.2, 0.25) is 0 Å². The van der Waals surface area contributed by atoms with Crippen LogP contribution in [0, 0.1) is 5.92 Å². The molecule has 1 aromatic carbocycles. The zero-order valence-electron chi connectivity index (χ0n) is 12.3. The Morgan fingerprint density at radius 3 is 2.58 bits per heavy atom. The molecule has 1 aliphatic rings. The van der Waals surface area contributed by atoms with Crippen LogP contribution in [-0.2, 0) is 0 Å². The first-order chi connectivity index (χ1) is 9.06. The predicted octanol–water partition coefficient (Wildman–Crippen LogP) is 3.76. The van der Waals surface area contributed by atoms with Crippen LogP contribution in [-0.4, -0.2) is 38.6 Å². The Morgan fingerprint density at radius 2 is 2.00 bits per heavy atom. The van der Waals surface area contributed by atoms with Gasteiger partial charge in [0.1, 0.15) is 0 Å². The molecule has 0 radical (unpaired) electrons. The topological polar surface area (TPSA) is 6.48 Å². The summed E-state index contributed by atoms with van der Waals surface area (Å²) in [5.41, 5.74) is 2.45. The Bertz CT molecular complexity index is 388. The van der Waals surface area contributed by atoms with E-state index >= 15 is 0 Å². The van der Waals surface area contributed by atoms with Crippen molar-refractivity contribution in [2.45, 2.75) is 25.1 Å². The summed E-state index contributed by atoms with van der Waals surface area (Å²) in [6.07, 6.45) is 2.67. The first-order valence-electron chi connectivity index (χ1n) is 7.20. The third-order valence-corrected chi connectivity index (χ3v) is 4.32. The van der Waals surface area contributed by atoms with Crippen LogP contribution in [0.3, 0.4) is 0 Å². The molecule has 2 rings (SSSR count). The minimum atomic E-state index is 0.0986. The molecule has 1 aliphatic heterocycles. The van der Waals surface area contributed by atoms with Crippen LogP contribution in [0.2, 0.25) is 0 Å². The van der Waals surface area contributed by atoms with E-state index in [9.17, 15) is 0 Å². The molecule has 2 atom stereocenters. The Morgan fingerprint density at radius 1 is 1.32 bits per heavy atom. The van der Waals surface area contributed by atoms with Crippen molar-refractivity contribution >= 4 is 17.3 Å². The summed E-state index contributed by atoms with van der Waals surface area (Å²) in [6, 6.07) is 8.59. The zero-order valence-corrected chi connectivity index (χ0v) is 13.0. The highest BCUT2D eigenvalue weighted by molar-refractivity contribution is 6.21. The molecule has 1 aromatic rings. The van der Waals surface area contributed by atoms with Crippen molar-refractivity contribution in [3.63, 3.8) is 0 Å². The van der Waals surface area contributed by atoms with Gasteiger partial charge in [-0.3, -0.25) is 0 Å². The Kier molecular flexibility index (Phi) is 5.12. The lowest BCUT2D eigenvalue weighted by Gasteiger charge is -2.32. The molecule has 0 saturated carbocycles. The van der Waals surface area contributed by atoms with E-state index in [0.29, 0.717) is 0 Å². The standard InChI is InChI=1S/C16H25ClN2/c1-13-5-4-10-19(11-13)12-16(17)14-6-8-15(9-7-14)18(2)3/h6-9,13,16H,4-5,10-12H2,1-3H3. The van der Waals surface area contributed by atoms with Gasteiger partial charge < -0.3 is 9.80 Å². The number of rotatable bonds is 4. The molecule has 2 unspecified atom stereocenters. The monoisotopic (exact) mass is 280 g/mol. The minimum Gasteiger partial charge on any atom is -0.378 e. The van der Waals surface area contributed by atoms with Gasteiger partial charge in [0.05, 0.1) is 5.38 Å². The molecule has 1 heterocycles. The summed E-state index contributed by atoms with van der Waals surface area (Å²) in [5, 5.41) is 0.0986. The van der Waals surface area contributed by atoms with E-state index in [-0.39, 0.29) is 5.38 Å². The smallest absolute Gasteiger partial charge is 0.0712 e. The number of alkyl halides is 1. The van der Waals surface area contributed by atoms with Gasteiger partial charge >= 0.3 is 0 Å². The van der Waals surface area contributed by atoms with E-state index in [2.05, 4.69) is 55.1 Å². The third kappa shape index (κ3) is 4.12. The van der Waals surface area contributed by atoms with E-state index in [1.807, 2.05) is 0 Å². The summed E-state index contributed by atoms with van der Waals surface area (Å²) < 4.78 is 0. The van der Waals surface area contributed by atoms with Crippen molar-refractivity contribution in [3.05, 3.63) is 29.8 Å². The van der Waals surface area contributed by atoms with Crippen molar-refractivity contribution in [2.75, 3.05) is 38.6 Å². The normalized spacial score (nSPS) is 22.2. The Hall–Kier alpha value is -0.730. The molecule has 0 bridgehead atoms. The molecule has 0 amide bonds. The Labute approximate surface area is 122 Å². The summed E-state index contributed by atoms with van der Waals surface area (Å²) in [5.74, 6) is 0.814. The van der Waals surface area contributed by atoms with Gasteiger partial charge in [-0.05, 0) is 43.0 Å². The van der Waals surface area contributed by atoms with Crippen molar-refractivity contribution in [2.24, 2.45) is 5.92 Å². The largest absolute Gasteiger partial charge is 0.378 e. The molecule has 0 aliphatic carbocycles. The van der Waals surface area contributed by atoms with Crippen LogP contribution in [0.15, 0.2) is 24.3 Å². The second kappa shape index (κ2) is 6.62. The maximum absolute atomic E-state index is 6.56. The quantitative estimate of drug-likeness (QED) is 0.775. The SMILES string of the molecule is CC1CCCN(CC(Cl)c2ccc(N(C)C)cc2)C1. The molecule has 3 heteroatoms. The van der Waals surface area contributed by atoms with E-state index in [0.717, 1.165) is 12.5 Å². The van der Waals surface area contributed by atoms with Gasteiger partial charge in [-0.25, -0.2) is 0 Å². The van der Waals surface area contributed by atoms with Crippen LogP contribution in [0.25, 0.3) is 0 Å². The number of halogens is 1. The molecule has 106 valence electrons. The van der Waals surface area contributed by atoms with E-state index in [4.69, 9.17) is 11.6 Å². The highest BCUT2D eigenvalue weighted by Crippen LogP contribution is 2.26. The molecule has 19 heavy (non-hydrogen) atoms. The summed E-state index contributed by atoms with van der Waals surface area (Å²) >= 11 is 6.56. The molecule has 1 fully saturated rings. The molecule has 0 aromatic heterocycles. The fraction of sp³-hybridized carbons (Fsp3) is 0.625. The van der Waals surface area contributed by atoms with Gasteiger partial charge in [-0.15, -0.1) is 11.6 Å². The number of hydrogen-bond donors (Lipinski definition) is 0. The van der Waals surface area contributed by atoms with Crippen LogP contribution in [0.1, 0.15) is 30.7 Å². The van der Waals surface area contributed by atoms with E-state index < -0.39 is 0 Å². The van der Waals surface area contributed by atoms with Crippen LogP contribution >= 0.6 is 11.6 Å². The maximum atomic E-state index is 6.56. The third-order valence-electron chi connectivity index (χ3n) is 3.93. The summed E-state index contributed by atoms with van der Waals surface area (Å²) in [4.78, 5) is 4.62. The second-order valence-electron chi connectivity index (χ2n) is 5.96. The number of likely N-dealkylation sites (tertiary alicyclic amines) is 1. The molecule has 1 saturated heterocycles. The van der Waals surface area contributed by atoms with Gasteiger partial charge in [-0.2, -0.15) is 0 Å². The molecule has 0 N–H and O–H groups in total. The molecular formula is C16H25ClN2. The lowest BCUT2D eigenvalue weighted by Crippen LogP contribution is -2.36. The number of benzene rings is 1. The lowest BCUT2D eigenvalue weighted by molar-refractivity contribution is 0.184. The zero-order chi connectivity index (χ0) is 13.8. The van der Waals surface area contributed by atoms with Crippen molar-refractivity contribution in [1.29, 1.82) is 0 Å². The average molecular weight is 281 g/mol. The van der Waals surface area contributed by atoms with Gasteiger partial charge in [0.25, 0.3) is 0 Å². The lowest BCUT2D eigenvalue weighted by atomic mass is 10.00. The Balaban J connectivity index is 1.93. The van der Waals surface area contributed by atoms with Crippen LogP contribution in [0.4, 0.5) is 5.69 Å². The maximum Gasteiger partial charge on any atom is 0.0712 e. The number of anilines is 1. The number of hydrogen-bond acceptors (Lipinski definition) is 2. The number of nitrogens with zero attached hydrogens (tertiary/aromatic N) is 2. The summed E-state index contributed by atoms with van der Waals surface area (Å²) in [6.45, 7) is 5.69. The van der Waals surface area contributed by atoms with Crippen molar-refractivity contribution < 1.29 is 0 Å². The number of piperidine rings is 1. The highest BCUT2D eigenvalue weighted by atomic mass is 35.5. The van der Waals surface area contributed by atoms with Crippen molar-refractivity contribution in [1.82, 2.24) is 4.90 Å². The van der Waals surface area contributed by atoms with Gasteiger partial charge in [0, 0.05) is 32.9 Å². The van der Waals surface area contributed by atoms with E-state index in [1.165, 1.54) is 37.2 Å². The minimum absolute atomic E-state index is 0.0986.